The topological polar surface area (TPSA) is 85.4 Å². The number of hydrogen-bond donors (Lipinski definition) is 1. The van der Waals surface area contributed by atoms with Crippen molar-refractivity contribution in [2.45, 2.75) is 13.5 Å². The van der Waals surface area contributed by atoms with Gasteiger partial charge in [0, 0.05) is 24.9 Å². The summed E-state index contributed by atoms with van der Waals surface area (Å²) < 4.78 is 7.25. The molecule has 19 heavy (non-hydrogen) atoms. The molecule has 7 nitrogen and oxygen atoms in total. The van der Waals surface area contributed by atoms with E-state index in [0.29, 0.717) is 28.9 Å². The van der Waals surface area contributed by atoms with Gasteiger partial charge in [-0.3, -0.25) is 14.6 Å². The van der Waals surface area contributed by atoms with Crippen LogP contribution in [0.5, 0.6) is 0 Å². The van der Waals surface area contributed by atoms with Gasteiger partial charge in [0.2, 0.25) is 5.89 Å². The molecule has 3 aromatic heterocycles. The number of aromatic amines is 1. The smallest absolute Gasteiger partial charge is 0.223 e. The lowest BCUT2D eigenvalue weighted by molar-refractivity contribution is 0.386. The second kappa shape index (κ2) is 4.73. The van der Waals surface area contributed by atoms with Crippen LogP contribution < -0.4 is 0 Å². The Bertz CT molecular complexity index is 744. The maximum absolute atomic E-state index is 5.22. The molecular weight excluding hydrogens is 264 g/mol. The first-order valence-electron chi connectivity index (χ1n) is 5.59. The highest BCUT2D eigenvalue weighted by Gasteiger charge is 2.12. The van der Waals surface area contributed by atoms with Gasteiger partial charge in [-0.05, 0) is 24.4 Å². The fourth-order valence-corrected chi connectivity index (χ4v) is 1.92. The first-order chi connectivity index (χ1) is 9.24. The number of aromatic nitrogens is 6. The Morgan fingerprint density at radius 2 is 2.37 bits per heavy atom. The molecule has 0 radical (unpaired) electrons. The third-order valence-electron chi connectivity index (χ3n) is 2.55. The fraction of sp³-hybridized carbons (Fsp3) is 0.182. The minimum absolute atomic E-state index is 0.400. The molecule has 0 spiro atoms. The lowest BCUT2D eigenvalue weighted by atomic mass is 10.3. The number of nitrogens with one attached hydrogen (secondary N) is 1. The molecule has 0 aliphatic rings. The van der Waals surface area contributed by atoms with Gasteiger partial charge in [0.15, 0.2) is 16.4 Å². The first-order valence-corrected chi connectivity index (χ1v) is 5.99. The normalized spacial score (nSPS) is 10.8. The Balaban J connectivity index is 2.02. The van der Waals surface area contributed by atoms with E-state index in [2.05, 4.69) is 25.3 Å². The van der Waals surface area contributed by atoms with Gasteiger partial charge in [0.05, 0.1) is 6.54 Å². The van der Waals surface area contributed by atoms with Gasteiger partial charge in [-0.2, -0.15) is 10.1 Å². The second-order valence-electron chi connectivity index (χ2n) is 3.91. The Kier molecular flexibility index (Phi) is 2.92. The number of rotatable bonds is 3. The molecule has 0 bridgehead atoms. The summed E-state index contributed by atoms with van der Waals surface area (Å²) >= 11 is 5.22. The van der Waals surface area contributed by atoms with Crippen LogP contribution in [0.25, 0.3) is 11.4 Å². The molecule has 0 unspecified atom stereocenters. The predicted octanol–water partition coefficient (Wildman–Crippen LogP) is 1.74. The molecule has 0 amide bonds. The van der Waals surface area contributed by atoms with Crippen LogP contribution in [0.15, 0.2) is 29.0 Å². The highest BCUT2D eigenvalue weighted by atomic mass is 32.1. The van der Waals surface area contributed by atoms with Crippen molar-refractivity contribution in [3.63, 3.8) is 0 Å². The molecule has 1 N–H and O–H groups in total. The van der Waals surface area contributed by atoms with E-state index in [9.17, 15) is 0 Å². The summed E-state index contributed by atoms with van der Waals surface area (Å²) in [5, 5.41) is 10.8. The van der Waals surface area contributed by atoms with Crippen molar-refractivity contribution in [1.82, 2.24) is 29.9 Å². The van der Waals surface area contributed by atoms with E-state index in [0.717, 1.165) is 5.56 Å². The van der Waals surface area contributed by atoms with Gasteiger partial charge in [-0.25, -0.2) is 0 Å². The molecule has 3 heterocycles. The molecule has 96 valence electrons. The average molecular weight is 274 g/mol. The van der Waals surface area contributed by atoms with Crippen molar-refractivity contribution in [2.75, 3.05) is 0 Å². The predicted molar refractivity (Wildman–Crippen MR) is 68.8 cm³/mol. The first kappa shape index (κ1) is 11.7. The van der Waals surface area contributed by atoms with Gasteiger partial charge in [0.1, 0.15) is 0 Å². The van der Waals surface area contributed by atoms with Crippen molar-refractivity contribution in [2.24, 2.45) is 0 Å². The highest BCUT2D eigenvalue weighted by molar-refractivity contribution is 7.71. The number of pyridine rings is 1. The minimum atomic E-state index is 0.400. The van der Waals surface area contributed by atoms with Crippen molar-refractivity contribution in [3.05, 3.63) is 41.0 Å². The maximum Gasteiger partial charge on any atom is 0.223 e. The summed E-state index contributed by atoms with van der Waals surface area (Å²) in [6.07, 6.45) is 3.43. The molecule has 3 rings (SSSR count). The van der Waals surface area contributed by atoms with Crippen LogP contribution >= 0.6 is 12.2 Å². The number of aryl methyl sites for hydroxylation is 1. The van der Waals surface area contributed by atoms with E-state index >= 15 is 0 Å². The van der Waals surface area contributed by atoms with Crippen LogP contribution in [0.3, 0.4) is 0 Å². The van der Waals surface area contributed by atoms with Crippen LogP contribution in [-0.4, -0.2) is 29.9 Å². The summed E-state index contributed by atoms with van der Waals surface area (Å²) in [5.74, 6) is 1.77. The lowest BCUT2D eigenvalue weighted by Crippen LogP contribution is -2.04. The minimum Gasteiger partial charge on any atom is -0.340 e. The van der Waals surface area contributed by atoms with Crippen LogP contribution in [-0.2, 0) is 6.54 Å². The quantitative estimate of drug-likeness (QED) is 0.732. The maximum atomic E-state index is 5.22. The SMILES string of the molecule is Cc1nc(Cn2c(-c3cccnc3)n[nH]c2=S)no1. The average Bonchev–Trinajstić information content (AvgIpc) is 2.99. The van der Waals surface area contributed by atoms with E-state index < -0.39 is 0 Å². The molecule has 0 aliphatic carbocycles. The molecule has 0 aromatic carbocycles. The zero-order valence-electron chi connectivity index (χ0n) is 10.1. The number of hydrogen-bond acceptors (Lipinski definition) is 6. The van der Waals surface area contributed by atoms with Crippen LogP contribution in [0.4, 0.5) is 0 Å². The Morgan fingerprint density at radius 1 is 1.47 bits per heavy atom. The summed E-state index contributed by atoms with van der Waals surface area (Å²) in [5.41, 5.74) is 0.870. The zero-order chi connectivity index (χ0) is 13.2. The molecule has 0 atom stereocenters. The highest BCUT2D eigenvalue weighted by Crippen LogP contribution is 2.16. The van der Waals surface area contributed by atoms with E-state index in [-0.39, 0.29) is 0 Å². The van der Waals surface area contributed by atoms with Crippen molar-refractivity contribution >= 4 is 12.2 Å². The van der Waals surface area contributed by atoms with Crippen molar-refractivity contribution in [1.29, 1.82) is 0 Å². The number of nitrogens with zero attached hydrogens (tertiary/aromatic N) is 5. The number of H-pyrrole nitrogens is 1. The summed E-state index contributed by atoms with van der Waals surface area (Å²) in [6, 6.07) is 3.76. The summed E-state index contributed by atoms with van der Waals surface area (Å²) in [4.78, 5) is 8.23. The zero-order valence-corrected chi connectivity index (χ0v) is 10.9. The summed E-state index contributed by atoms with van der Waals surface area (Å²) in [6.45, 7) is 2.14. The molecular formula is C11H10N6OS. The summed E-state index contributed by atoms with van der Waals surface area (Å²) in [7, 11) is 0. The monoisotopic (exact) mass is 274 g/mol. The largest absolute Gasteiger partial charge is 0.340 e. The van der Waals surface area contributed by atoms with Crippen LogP contribution in [0.1, 0.15) is 11.7 Å². The molecule has 8 heteroatoms. The third kappa shape index (κ3) is 2.29. The van der Waals surface area contributed by atoms with E-state index in [1.54, 1.807) is 23.9 Å². The molecule has 0 saturated heterocycles. The third-order valence-corrected chi connectivity index (χ3v) is 2.86. The molecule has 0 fully saturated rings. The molecule has 0 saturated carbocycles. The van der Waals surface area contributed by atoms with Gasteiger partial charge in [0.25, 0.3) is 0 Å². The van der Waals surface area contributed by atoms with Gasteiger partial charge < -0.3 is 4.52 Å². The van der Waals surface area contributed by atoms with E-state index in [4.69, 9.17) is 16.7 Å². The van der Waals surface area contributed by atoms with Crippen LogP contribution in [0.2, 0.25) is 0 Å². The van der Waals surface area contributed by atoms with Crippen LogP contribution in [0, 0.1) is 11.7 Å². The Hall–Kier alpha value is -2.35. The molecule has 3 aromatic rings. The Labute approximate surface area is 113 Å². The standard InChI is InChI=1S/C11H10N6OS/c1-7-13-9(16-18-7)6-17-10(14-15-11(17)19)8-3-2-4-12-5-8/h2-5H,6H2,1H3,(H,15,19). The lowest BCUT2D eigenvalue weighted by Gasteiger charge is -2.03. The van der Waals surface area contributed by atoms with Gasteiger partial charge >= 0.3 is 0 Å². The van der Waals surface area contributed by atoms with Gasteiger partial charge in [-0.1, -0.05) is 5.16 Å². The Morgan fingerprint density at radius 3 is 3.05 bits per heavy atom. The van der Waals surface area contributed by atoms with E-state index in [1.807, 2.05) is 12.1 Å². The molecule has 0 aliphatic heterocycles. The second-order valence-corrected chi connectivity index (χ2v) is 4.30. The van der Waals surface area contributed by atoms with Crippen molar-refractivity contribution < 1.29 is 4.52 Å². The van der Waals surface area contributed by atoms with Gasteiger partial charge in [-0.15, -0.1) is 0 Å². The van der Waals surface area contributed by atoms with Crippen molar-refractivity contribution in [3.8, 4) is 11.4 Å². The van der Waals surface area contributed by atoms with E-state index in [1.165, 1.54) is 0 Å². The fourth-order valence-electron chi connectivity index (χ4n) is 1.73.